The third-order valence-electron chi connectivity index (χ3n) is 4.83. The summed E-state index contributed by atoms with van der Waals surface area (Å²) in [6.07, 6.45) is 0.537. The molecule has 0 spiro atoms. The monoisotopic (exact) mass is 384 g/mol. The Bertz CT molecular complexity index is 929. The molecule has 1 saturated heterocycles. The van der Waals surface area contributed by atoms with Gasteiger partial charge in [0, 0.05) is 13.0 Å². The lowest BCUT2D eigenvalue weighted by molar-refractivity contribution is -0.136. The summed E-state index contributed by atoms with van der Waals surface area (Å²) >= 11 is 6.45. The number of ether oxygens (including phenoxy) is 1. The predicted octanol–water partition coefficient (Wildman–Crippen LogP) is 2.68. The number of carbonyl (C=O) groups is 3. The van der Waals surface area contributed by atoms with Gasteiger partial charge in [0.2, 0.25) is 11.8 Å². The highest BCUT2D eigenvalue weighted by atomic mass is 35.5. The molecular formula is C20H17ClN2O4. The molecule has 2 aromatic carbocycles. The van der Waals surface area contributed by atoms with Crippen LogP contribution in [0.2, 0.25) is 5.02 Å². The molecule has 0 aromatic heterocycles. The molecule has 0 aliphatic carbocycles. The van der Waals surface area contributed by atoms with Gasteiger partial charge >= 0.3 is 0 Å². The van der Waals surface area contributed by atoms with Crippen LogP contribution < -0.4 is 10.1 Å². The number of benzene rings is 2. The Hall–Kier alpha value is -2.86. The number of piperidine rings is 1. The molecule has 6 nitrogen and oxygen atoms in total. The maximum absolute atomic E-state index is 12.9. The van der Waals surface area contributed by atoms with Crippen molar-refractivity contribution in [2.75, 3.05) is 0 Å². The van der Waals surface area contributed by atoms with Gasteiger partial charge in [-0.25, -0.2) is 0 Å². The number of carbonyl (C=O) groups excluding carboxylic acids is 3. The van der Waals surface area contributed by atoms with E-state index >= 15 is 0 Å². The van der Waals surface area contributed by atoms with Gasteiger partial charge in [0.05, 0.1) is 10.6 Å². The van der Waals surface area contributed by atoms with E-state index in [1.165, 1.54) is 4.90 Å². The summed E-state index contributed by atoms with van der Waals surface area (Å²) in [6, 6.07) is 12.5. The third-order valence-corrected chi connectivity index (χ3v) is 5.21. The van der Waals surface area contributed by atoms with Crippen LogP contribution in [0.5, 0.6) is 5.75 Å². The number of imide groups is 1. The molecule has 3 amide bonds. The number of halogens is 1. The van der Waals surface area contributed by atoms with E-state index in [0.29, 0.717) is 30.9 Å². The highest BCUT2D eigenvalue weighted by Gasteiger charge is 2.40. The predicted molar refractivity (Wildman–Crippen MR) is 98.3 cm³/mol. The lowest BCUT2D eigenvalue weighted by Gasteiger charge is -2.29. The first-order valence-electron chi connectivity index (χ1n) is 8.67. The van der Waals surface area contributed by atoms with Crippen molar-refractivity contribution in [3.8, 4) is 5.75 Å². The number of hydrogen-bond donors (Lipinski definition) is 1. The molecule has 2 heterocycles. The Morgan fingerprint density at radius 3 is 2.63 bits per heavy atom. The fourth-order valence-electron chi connectivity index (χ4n) is 3.44. The Labute approximate surface area is 161 Å². The Kier molecular flexibility index (Phi) is 4.58. The van der Waals surface area contributed by atoms with E-state index in [2.05, 4.69) is 5.32 Å². The molecule has 4 rings (SSSR count). The van der Waals surface area contributed by atoms with Crippen molar-refractivity contribution in [2.24, 2.45) is 0 Å². The fourth-order valence-corrected chi connectivity index (χ4v) is 3.76. The first-order chi connectivity index (χ1) is 13.0. The summed E-state index contributed by atoms with van der Waals surface area (Å²) in [5.74, 6) is -0.633. The molecule has 2 aliphatic heterocycles. The van der Waals surface area contributed by atoms with Crippen LogP contribution in [0.25, 0.3) is 0 Å². The van der Waals surface area contributed by atoms with Crippen molar-refractivity contribution < 1.29 is 19.1 Å². The average molecular weight is 385 g/mol. The summed E-state index contributed by atoms with van der Waals surface area (Å²) in [5, 5.41) is 2.54. The van der Waals surface area contributed by atoms with Crippen molar-refractivity contribution >= 4 is 29.3 Å². The number of hydrogen-bond acceptors (Lipinski definition) is 4. The Morgan fingerprint density at radius 1 is 1.11 bits per heavy atom. The molecule has 1 N–H and O–H groups in total. The van der Waals surface area contributed by atoms with Gasteiger partial charge in [0.25, 0.3) is 5.91 Å². The van der Waals surface area contributed by atoms with Crippen LogP contribution in [-0.2, 0) is 22.7 Å². The molecule has 1 unspecified atom stereocenters. The van der Waals surface area contributed by atoms with Crippen molar-refractivity contribution in [1.82, 2.24) is 10.2 Å². The number of fused-ring (bicyclic) bond motifs is 1. The normalized spacial score (nSPS) is 19.1. The summed E-state index contributed by atoms with van der Waals surface area (Å²) in [5.41, 5.74) is 2.11. The van der Waals surface area contributed by atoms with Crippen LogP contribution in [0, 0.1) is 0 Å². The lowest BCUT2D eigenvalue weighted by Crippen LogP contribution is -2.52. The standard InChI is InChI=1S/C20H17ClN2O4/c21-18-15(27-11-12-4-2-1-3-5-12)8-6-13-10-23(20(26)17(13)18)14-7-9-16(24)22-19(14)25/h1-6,8,14H,7,9-11H2,(H,22,24,25). The maximum Gasteiger partial charge on any atom is 0.256 e. The Morgan fingerprint density at radius 2 is 1.89 bits per heavy atom. The zero-order chi connectivity index (χ0) is 19.0. The van der Waals surface area contributed by atoms with Crippen molar-refractivity contribution in [3.05, 3.63) is 64.2 Å². The number of nitrogens with one attached hydrogen (secondary N) is 1. The van der Waals surface area contributed by atoms with Gasteiger partial charge in [-0.3, -0.25) is 19.7 Å². The van der Waals surface area contributed by atoms with E-state index < -0.39 is 11.9 Å². The van der Waals surface area contributed by atoms with Gasteiger partial charge in [-0.15, -0.1) is 0 Å². The van der Waals surface area contributed by atoms with Crippen molar-refractivity contribution in [1.29, 1.82) is 0 Å². The van der Waals surface area contributed by atoms with E-state index in [-0.39, 0.29) is 23.3 Å². The van der Waals surface area contributed by atoms with Crippen LogP contribution in [0.3, 0.4) is 0 Å². The van der Waals surface area contributed by atoms with E-state index in [4.69, 9.17) is 16.3 Å². The van der Waals surface area contributed by atoms with Crippen molar-refractivity contribution in [3.63, 3.8) is 0 Å². The van der Waals surface area contributed by atoms with E-state index in [0.717, 1.165) is 11.1 Å². The number of rotatable bonds is 4. The van der Waals surface area contributed by atoms with Gasteiger partial charge in [-0.05, 0) is 23.6 Å². The second-order valence-electron chi connectivity index (χ2n) is 6.59. The molecule has 1 atom stereocenters. The smallest absolute Gasteiger partial charge is 0.256 e. The highest BCUT2D eigenvalue weighted by molar-refractivity contribution is 6.35. The van der Waals surface area contributed by atoms with Crippen LogP contribution in [0.4, 0.5) is 0 Å². The molecule has 0 bridgehead atoms. The molecule has 0 saturated carbocycles. The molecule has 7 heteroatoms. The SMILES string of the molecule is O=C1CCC(N2Cc3ccc(OCc4ccccc4)c(Cl)c3C2=O)C(=O)N1. The summed E-state index contributed by atoms with van der Waals surface area (Å²) in [4.78, 5) is 37.8. The summed E-state index contributed by atoms with van der Waals surface area (Å²) in [6.45, 7) is 0.628. The first-order valence-corrected chi connectivity index (χ1v) is 9.05. The number of nitrogens with zero attached hydrogens (tertiary/aromatic N) is 1. The first kappa shape index (κ1) is 17.5. The Balaban J connectivity index is 1.54. The lowest BCUT2D eigenvalue weighted by atomic mass is 10.0. The minimum absolute atomic E-state index is 0.218. The summed E-state index contributed by atoms with van der Waals surface area (Å²) in [7, 11) is 0. The van der Waals surface area contributed by atoms with Crippen molar-refractivity contribution in [2.45, 2.75) is 32.0 Å². The molecular weight excluding hydrogens is 368 g/mol. The fraction of sp³-hybridized carbons (Fsp3) is 0.250. The topological polar surface area (TPSA) is 75.7 Å². The molecule has 1 fully saturated rings. The van der Waals surface area contributed by atoms with Gasteiger partial charge in [0.15, 0.2) is 0 Å². The van der Waals surface area contributed by atoms with E-state index in [9.17, 15) is 14.4 Å². The largest absolute Gasteiger partial charge is 0.487 e. The molecule has 0 radical (unpaired) electrons. The molecule has 138 valence electrons. The van der Waals surface area contributed by atoms with Gasteiger partial charge < -0.3 is 9.64 Å². The minimum atomic E-state index is -0.660. The zero-order valence-electron chi connectivity index (χ0n) is 14.4. The minimum Gasteiger partial charge on any atom is -0.487 e. The second-order valence-corrected chi connectivity index (χ2v) is 6.96. The number of amides is 3. The zero-order valence-corrected chi connectivity index (χ0v) is 15.2. The van der Waals surface area contributed by atoms with Crippen LogP contribution in [0.1, 0.15) is 34.3 Å². The van der Waals surface area contributed by atoms with Crippen LogP contribution in [-0.4, -0.2) is 28.7 Å². The maximum atomic E-state index is 12.9. The van der Waals surface area contributed by atoms with E-state index in [1.54, 1.807) is 12.1 Å². The second kappa shape index (κ2) is 7.04. The third kappa shape index (κ3) is 3.28. The molecule has 2 aliphatic rings. The van der Waals surface area contributed by atoms with Gasteiger partial charge in [0.1, 0.15) is 18.4 Å². The molecule has 2 aromatic rings. The molecule has 27 heavy (non-hydrogen) atoms. The van der Waals surface area contributed by atoms with Gasteiger partial charge in [-0.1, -0.05) is 48.0 Å². The van der Waals surface area contributed by atoms with E-state index in [1.807, 2.05) is 30.3 Å². The summed E-state index contributed by atoms with van der Waals surface area (Å²) < 4.78 is 5.79. The highest BCUT2D eigenvalue weighted by Crippen LogP contribution is 2.37. The van der Waals surface area contributed by atoms with Crippen LogP contribution >= 0.6 is 11.6 Å². The van der Waals surface area contributed by atoms with Gasteiger partial charge in [-0.2, -0.15) is 0 Å². The van der Waals surface area contributed by atoms with Crippen LogP contribution in [0.15, 0.2) is 42.5 Å². The quantitative estimate of drug-likeness (QED) is 0.822. The average Bonchev–Trinajstić information content (AvgIpc) is 2.99.